The lowest BCUT2D eigenvalue weighted by atomic mass is 9.50. The van der Waals surface area contributed by atoms with Crippen molar-refractivity contribution in [1.82, 2.24) is 9.80 Å². The van der Waals surface area contributed by atoms with E-state index in [0.717, 1.165) is 94.5 Å². The molecule has 7 heteroatoms. The SMILES string of the molecule is CC(=O)Oc1cc(O)c2c3c1O[C@H]1[C@H](N(CCCCc4ccccc4)C(=O)CCCCCCCCCCc4ccccc4)CC[C@H]4[C@@H](C2)N(CC2CC2)CC[C@@]341. The number of amides is 1. The molecule has 5 aliphatic rings. The highest BCUT2D eigenvalue weighted by Gasteiger charge is 2.67. The van der Waals surface area contributed by atoms with Crippen molar-refractivity contribution >= 4 is 11.9 Å². The first-order chi connectivity index (χ1) is 27.4. The highest BCUT2D eigenvalue weighted by molar-refractivity contribution is 5.77. The highest BCUT2D eigenvalue weighted by atomic mass is 16.6. The minimum absolute atomic E-state index is 0.0623. The Kier molecular flexibility index (Phi) is 12.4. The summed E-state index contributed by atoms with van der Waals surface area (Å²) in [6.07, 6.45) is 20.3. The van der Waals surface area contributed by atoms with E-state index in [1.165, 1.54) is 75.8 Å². The van der Waals surface area contributed by atoms with Gasteiger partial charge in [-0.15, -0.1) is 0 Å². The van der Waals surface area contributed by atoms with Gasteiger partial charge in [-0.05, 0) is 107 Å². The standard InChI is InChI=1S/C49H64N2O5/c1-35(52)55-44-33-43(53)39-32-42-40-27-28-41(48-49(40,46(39)47(44)56-48)29-31-50(42)34-38-25-26-38)51(30-17-16-23-37-21-13-9-14-22-37)45(54)24-15-7-5-3-2-4-6-10-18-36-19-11-8-12-20-36/h8-9,11-14,19-22,33,38,40-42,48,53H,2-7,10,15-18,23-32,34H2,1H3/t40-,41+,42+,48-,49-/m0/s1. The predicted molar refractivity (Wildman–Crippen MR) is 221 cm³/mol. The van der Waals surface area contributed by atoms with Gasteiger partial charge in [0.1, 0.15) is 11.9 Å². The number of ether oxygens (including phenoxy) is 2. The van der Waals surface area contributed by atoms with Crippen LogP contribution in [0.1, 0.15) is 132 Å². The first kappa shape index (κ1) is 39.0. The van der Waals surface area contributed by atoms with Crippen molar-refractivity contribution in [3.63, 3.8) is 0 Å². The quantitative estimate of drug-likeness (QED) is 0.0702. The van der Waals surface area contributed by atoms with Crippen molar-refractivity contribution in [2.75, 3.05) is 19.6 Å². The Balaban J connectivity index is 0.955. The van der Waals surface area contributed by atoms with Gasteiger partial charge in [0, 0.05) is 55.1 Å². The van der Waals surface area contributed by atoms with Crippen LogP contribution in [0.3, 0.4) is 0 Å². The molecule has 56 heavy (non-hydrogen) atoms. The van der Waals surface area contributed by atoms with Gasteiger partial charge in [0.05, 0.1) is 6.04 Å². The number of likely N-dealkylation sites (tertiary alicyclic amines) is 1. The summed E-state index contributed by atoms with van der Waals surface area (Å²) >= 11 is 0. The van der Waals surface area contributed by atoms with Crippen LogP contribution in [0.4, 0.5) is 0 Å². The number of unbranched alkanes of at least 4 members (excludes halogenated alkanes) is 8. The van der Waals surface area contributed by atoms with Crippen molar-refractivity contribution in [2.24, 2.45) is 11.8 Å². The molecule has 2 aliphatic heterocycles. The molecule has 3 aromatic carbocycles. The zero-order valence-electron chi connectivity index (χ0n) is 33.8. The van der Waals surface area contributed by atoms with Crippen LogP contribution in [0, 0.1) is 11.8 Å². The van der Waals surface area contributed by atoms with E-state index < -0.39 is 5.97 Å². The lowest BCUT2D eigenvalue weighted by Crippen LogP contribution is -2.69. The third-order valence-corrected chi connectivity index (χ3v) is 14.1. The van der Waals surface area contributed by atoms with Crippen LogP contribution in [-0.4, -0.2) is 64.6 Å². The van der Waals surface area contributed by atoms with E-state index in [9.17, 15) is 14.7 Å². The number of phenolic OH excluding ortho intramolecular Hbond substituents is 1. The number of carbonyl (C=O) groups is 2. The number of piperidine rings is 1. The highest BCUT2D eigenvalue weighted by Crippen LogP contribution is 2.66. The van der Waals surface area contributed by atoms with Crippen LogP contribution >= 0.6 is 0 Å². The van der Waals surface area contributed by atoms with Crippen LogP contribution in [-0.2, 0) is 34.3 Å². The predicted octanol–water partition coefficient (Wildman–Crippen LogP) is 9.74. The minimum Gasteiger partial charge on any atom is -0.508 e. The number of hydrogen-bond donors (Lipinski definition) is 1. The van der Waals surface area contributed by atoms with E-state index in [1.807, 2.05) is 0 Å². The van der Waals surface area contributed by atoms with E-state index in [1.54, 1.807) is 6.07 Å². The van der Waals surface area contributed by atoms with E-state index >= 15 is 0 Å². The maximum absolute atomic E-state index is 14.5. The molecular weight excluding hydrogens is 697 g/mol. The molecule has 1 spiro atoms. The molecule has 7 nitrogen and oxygen atoms in total. The molecule has 1 amide bonds. The van der Waals surface area contributed by atoms with Gasteiger partial charge in [-0.1, -0.05) is 99.2 Å². The van der Waals surface area contributed by atoms with Crippen molar-refractivity contribution in [3.8, 4) is 17.2 Å². The van der Waals surface area contributed by atoms with Gasteiger partial charge < -0.3 is 19.5 Å². The number of nitrogens with zero attached hydrogens (tertiary/aromatic N) is 2. The molecule has 8 rings (SSSR count). The monoisotopic (exact) mass is 760 g/mol. The average molecular weight is 761 g/mol. The normalized spacial score (nSPS) is 24.7. The van der Waals surface area contributed by atoms with Gasteiger partial charge in [0.15, 0.2) is 11.5 Å². The fourth-order valence-corrected chi connectivity index (χ4v) is 11.2. The molecule has 5 atom stereocenters. The summed E-state index contributed by atoms with van der Waals surface area (Å²) in [7, 11) is 0. The number of hydrogen-bond acceptors (Lipinski definition) is 6. The minimum atomic E-state index is -0.420. The van der Waals surface area contributed by atoms with E-state index in [2.05, 4.69) is 70.5 Å². The number of aryl methyl sites for hydroxylation is 2. The van der Waals surface area contributed by atoms with Crippen LogP contribution in [0.2, 0.25) is 0 Å². The number of aromatic hydroxyl groups is 1. The number of rotatable bonds is 20. The molecule has 1 N–H and O–H groups in total. The third kappa shape index (κ3) is 8.40. The Bertz CT molecular complexity index is 1790. The molecule has 3 fully saturated rings. The summed E-state index contributed by atoms with van der Waals surface area (Å²) in [6, 6.07) is 23.4. The fourth-order valence-electron chi connectivity index (χ4n) is 11.2. The second-order valence-electron chi connectivity index (χ2n) is 17.8. The van der Waals surface area contributed by atoms with Gasteiger partial charge in [-0.2, -0.15) is 0 Å². The molecule has 0 radical (unpaired) electrons. The fraction of sp³-hybridized carbons (Fsp3) is 0.592. The van der Waals surface area contributed by atoms with Gasteiger partial charge in [0.2, 0.25) is 5.91 Å². The number of esters is 1. The molecule has 300 valence electrons. The summed E-state index contributed by atoms with van der Waals surface area (Å²) in [5, 5.41) is 11.5. The summed E-state index contributed by atoms with van der Waals surface area (Å²) in [6.45, 7) is 4.27. The van der Waals surface area contributed by atoms with Crippen molar-refractivity contribution in [2.45, 2.75) is 153 Å². The summed E-state index contributed by atoms with van der Waals surface area (Å²) in [4.78, 5) is 31.8. The first-order valence-electron chi connectivity index (χ1n) is 22.3. The molecular formula is C49H64N2O5. The Labute approximate surface area is 335 Å². The van der Waals surface area contributed by atoms with Crippen LogP contribution < -0.4 is 9.47 Å². The Morgan fingerprint density at radius 2 is 1.48 bits per heavy atom. The van der Waals surface area contributed by atoms with Gasteiger partial charge in [-0.3, -0.25) is 14.5 Å². The van der Waals surface area contributed by atoms with Gasteiger partial charge in [0.25, 0.3) is 0 Å². The first-order valence-corrected chi connectivity index (χ1v) is 22.3. The van der Waals surface area contributed by atoms with Gasteiger partial charge >= 0.3 is 5.97 Å². The number of carbonyl (C=O) groups excluding carboxylic acids is 2. The Morgan fingerprint density at radius 1 is 0.839 bits per heavy atom. The zero-order chi connectivity index (χ0) is 38.5. The average Bonchev–Trinajstić information content (AvgIpc) is 3.96. The maximum Gasteiger partial charge on any atom is 0.308 e. The van der Waals surface area contributed by atoms with E-state index in [0.29, 0.717) is 29.9 Å². The smallest absolute Gasteiger partial charge is 0.308 e. The Morgan fingerprint density at radius 3 is 2.14 bits per heavy atom. The second kappa shape index (κ2) is 17.7. The summed E-state index contributed by atoms with van der Waals surface area (Å²) < 4.78 is 12.9. The molecule has 0 aromatic heterocycles. The maximum atomic E-state index is 14.5. The molecule has 3 aromatic rings. The molecule has 3 aliphatic carbocycles. The lowest BCUT2D eigenvalue weighted by molar-refractivity contribution is -0.143. The number of benzene rings is 3. The van der Waals surface area contributed by atoms with Crippen LogP contribution in [0.15, 0.2) is 66.7 Å². The van der Waals surface area contributed by atoms with Crippen molar-refractivity contribution < 1.29 is 24.2 Å². The second-order valence-corrected chi connectivity index (χ2v) is 17.8. The molecule has 2 saturated carbocycles. The largest absolute Gasteiger partial charge is 0.508 e. The van der Waals surface area contributed by atoms with Crippen molar-refractivity contribution in [1.29, 1.82) is 0 Å². The topological polar surface area (TPSA) is 79.3 Å². The number of phenols is 1. The van der Waals surface area contributed by atoms with E-state index in [-0.39, 0.29) is 29.2 Å². The van der Waals surface area contributed by atoms with Crippen LogP contribution in [0.25, 0.3) is 0 Å². The summed E-state index contributed by atoms with van der Waals surface area (Å²) in [5.41, 5.74) is 4.51. The Hall–Kier alpha value is -3.84. The molecule has 0 unspecified atom stereocenters. The zero-order valence-corrected chi connectivity index (χ0v) is 33.8. The van der Waals surface area contributed by atoms with Crippen molar-refractivity contribution in [3.05, 3.63) is 89.0 Å². The lowest BCUT2D eigenvalue weighted by Gasteiger charge is -2.60. The van der Waals surface area contributed by atoms with Gasteiger partial charge in [-0.25, -0.2) is 0 Å². The van der Waals surface area contributed by atoms with E-state index in [4.69, 9.17) is 9.47 Å². The summed E-state index contributed by atoms with van der Waals surface area (Å²) in [5.74, 6) is 2.18. The van der Waals surface area contributed by atoms with Crippen LogP contribution in [0.5, 0.6) is 17.2 Å². The molecule has 2 bridgehead atoms. The molecule has 2 heterocycles. The third-order valence-electron chi connectivity index (χ3n) is 14.1. The molecule has 1 saturated heterocycles.